The van der Waals surface area contributed by atoms with Gasteiger partial charge in [-0.25, -0.2) is 0 Å². The zero-order chi connectivity index (χ0) is 9.31. The maximum absolute atomic E-state index is 11.2. The van der Waals surface area contributed by atoms with Crippen molar-refractivity contribution in [2.45, 2.75) is 38.6 Å². The van der Waals surface area contributed by atoms with Gasteiger partial charge in [0, 0.05) is 19.0 Å². The maximum atomic E-state index is 11.2. The lowest BCUT2D eigenvalue weighted by molar-refractivity contribution is -0.119. The van der Waals surface area contributed by atoms with Gasteiger partial charge >= 0.3 is 0 Å². The summed E-state index contributed by atoms with van der Waals surface area (Å²) in [7, 11) is 0. The van der Waals surface area contributed by atoms with Crippen molar-refractivity contribution in [2.24, 2.45) is 5.41 Å². The first kappa shape index (κ1) is 9.00. The van der Waals surface area contributed by atoms with Crippen molar-refractivity contribution in [3.63, 3.8) is 0 Å². The standard InChI is InChI=1S/C10H18N2O/c1-2-8-5-10(3-4-11-8)6-9(13)12-7-10/h8,11H,2-7H2,1H3,(H,12,13). The average molecular weight is 182 g/mol. The van der Waals surface area contributed by atoms with E-state index in [0.29, 0.717) is 11.5 Å². The van der Waals surface area contributed by atoms with E-state index in [9.17, 15) is 4.79 Å². The van der Waals surface area contributed by atoms with E-state index in [1.807, 2.05) is 0 Å². The van der Waals surface area contributed by atoms with Gasteiger partial charge in [-0.1, -0.05) is 6.92 Å². The molecule has 2 saturated heterocycles. The highest BCUT2D eigenvalue weighted by atomic mass is 16.1. The SMILES string of the molecule is CCC1CC2(CCN1)CNC(=O)C2. The molecule has 2 heterocycles. The van der Waals surface area contributed by atoms with Crippen LogP contribution in [0.2, 0.25) is 0 Å². The van der Waals surface area contributed by atoms with Crippen molar-refractivity contribution in [1.82, 2.24) is 10.6 Å². The van der Waals surface area contributed by atoms with Crippen LogP contribution in [0.1, 0.15) is 32.6 Å². The number of amides is 1. The molecule has 2 fully saturated rings. The molecular weight excluding hydrogens is 164 g/mol. The fourth-order valence-corrected chi connectivity index (χ4v) is 2.60. The van der Waals surface area contributed by atoms with E-state index in [2.05, 4.69) is 17.6 Å². The molecule has 0 aliphatic carbocycles. The van der Waals surface area contributed by atoms with Crippen LogP contribution in [-0.2, 0) is 4.79 Å². The van der Waals surface area contributed by atoms with Crippen LogP contribution in [0.25, 0.3) is 0 Å². The number of hydrogen-bond donors (Lipinski definition) is 2. The Morgan fingerprint density at radius 1 is 1.62 bits per heavy atom. The highest BCUT2D eigenvalue weighted by Crippen LogP contribution is 2.37. The first-order valence-corrected chi connectivity index (χ1v) is 5.24. The second-order valence-corrected chi connectivity index (χ2v) is 4.47. The van der Waals surface area contributed by atoms with Gasteiger partial charge in [0.2, 0.25) is 5.91 Å². The number of carbonyl (C=O) groups is 1. The molecule has 3 heteroatoms. The van der Waals surface area contributed by atoms with Crippen molar-refractivity contribution in [2.75, 3.05) is 13.1 Å². The molecule has 1 amide bonds. The first-order chi connectivity index (χ1) is 6.24. The van der Waals surface area contributed by atoms with Crippen molar-refractivity contribution < 1.29 is 4.79 Å². The fraction of sp³-hybridized carbons (Fsp3) is 0.900. The highest BCUT2D eigenvalue weighted by Gasteiger charge is 2.41. The predicted molar refractivity (Wildman–Crippen MR) is 51.4 cm³/mol. The van der Waals surface area contributed by atoms with Gasteiger partial charge in [0.15, 0.2) is 0 Å². The normalized spacial score (nSPS) is 39.5. The molecule has 74 valence electrons. The van der Waals surface area contributed by atoms with Gasteiger partial charge in [0.25, 0.3) is 0 Å². The zero-order valence-corrected chi connectivity index (χ0v) is 8.23. The van der Waals surface area contributed by atoms with E-state index in [1.54, 1.807) is 0 Å². The predicted octanol–water partition coefficient (Wildman–Crippen LogP) is 0.655. The number of hydrogen-bond acceptors (Lipinski definition) is 2. The number of carbonyl (C=O) groups excluding carboxylic acids is 1. The van der Waals surface area contributed by atoms with Crippen LogP contribution >= 0.6 is 0 Å². The van der Waals surface area contributed by atoms with E-state index in [0.717, 1.165) is 25.9 Å². The molecule has 2 aliphatic heterocycles. The summed E-state index contributed by atoms with van der Waals surface area (Å²) in [5.74, 6) is 0.247. The summed E-state index contributed by atoms with van der Waals surface area (Å²) in [6.07, 6.45) is 4.26. The van der Waals surface area contributed by atoms with Gasteiger partial charge in [-0.15, -0.1) is 0 Å². The molecule has 2 N–H and O–H groups in total. The first-order valence-electron chi connectivity index (χ1n) is 5.24. The minimum Gasteiger partial charge on any atom is -0.356 e. The minimum atomic E-state index is 0.247. The van der Waals surface area contributed by atoms with Crippen LogP contribution < -0.4 is 10.6 Å². The number of nitrogens with one attached hydrogen (secondary N) is 2. The monoisotopic (exact) mass is 182 g/mol. The Labute approximate surface area is 79.3 Å². The molecule has 0 saturated carbocycles. The summed E-state index contributed by atoms with van der Waals surface area (Å²) in [6.45, 7) is 4.19. The van der Waals surface area contributed by atoms with Gasteiger partial charge in [-0.2, -0.15) is 0 Å². The van der Waals surface area contributed by atoms with E-state index >= 15 is 0 Å². The third kappa shape index (κ3) is 1.70. The smallest absolute Gasteiger partial charge is 0.220 e. The third-order valence-electron chi connectivity index (χ3n) is 3.46. The van der Waals surface area contributed by atoms with Crippen molar-refractivity contribution >= 4 is 5.91 Å². The number of piperidine rings is 1. The molecule has 0 aromatic carbocycles. The third-order valence-corrected chi connectivity index (χ3v) is 3.46. The molecule has 0 radical (unpaired) electrons. The Morgan fingerprint density at radius 3 is 3.08 bits per heavy atom. The van der Waals surface area contributed by atoms with E-state index in [-0.39, 0.29) is 5.91 Å². The van der Waals surface area contributed by atoms with Gasteiger partial charge < -0.3 is 10.6 Å². The average Bonchev–Trinajstić information content (AvgIpc) is 2.47. The second-order valence-electron chi connectivity index (χ2n) is 4.47. The Bertz CT molecular complexity index is 217. The zero-order valence-electron chi connectivity index (χ0n) is 8.23. The van der Waals surface area contributed by atoms with Crippen LogP contribution in [0, 0.1) is 5.41 Å². The quantitative estimate of drug-likeness (QED) is 0.625. The summed E-state index contributed by atoms with van der Waals surface area (Å²) in [5.41, 5.74) is 0.295. The molecule has 13 heavy (non-hydrogen) atoms. The maximum Gasteiger partial charge on any atom is 0.220 e. The molecule has 2 atom stereocenters. The van der Waals surface area contributed by atoms with Crippen molar-refractivity contribution in [3.05, 3.63) is 0 Å². The molecule has 3 nitrogen and oxygen atoms in total. The molecule has 2 rings (SSSR count). The van der Waals surface area contributed by atoms with Gasteiger partial charge in [0.1, 0.15) is 0 Å². The summed E-state index contributed by atoms with van der Waals surface area (Å²) in [5, 5.41) is 6.45. The van der Waals surface area contributed by atoms with Crippen molar-refractivity contribution in [1.29, 1.82) is 0 Å². The Kier molecular flexibility index (Phi) is 2.28. The van der Waals surface area contributed by atoms with Crippen LogP contribution in [-0.4, -0.2) is 25.0 Å². The molecule has 0 bridgehead atoms. The molecule has 2 unspecified atom stereocenters. The van der Waals surface area contributed by atoms with Crippen LogP contribution in [0.4, 0.5) is 0 Å². The lowest BCUT2D eigenvalue weighted by Gasteiger charge is -2.37. The summed E-state index contributed by atoms with van der Waals surface area (Å²) >= 11 is 0. The largest absolute Gasteiger partial charge is 0.356 e. The summed E-state index contributed by atoms with van der Waals surface area (Å²) in [4.78, 5) is 11.2. The molecule has 2 aliphatic rings. The highest BCUT2D eigenvalue weighted by molar-refractivity contribution is 5.79. The van der Waals surface area contributed by atoms with Crippen LogP contribution in [0.5, 0.6) is 0 Å². The van der Waals surface area contributed by atoms with Gasteiger partial charge in [0.05, 0.1) is 0 Å². The van der Waals surface area contributed by atoms with Gasteiger partial charge in [-0.05, 0) is 31.2 Å². The number of rotatable bonds is 1. The molecule has 0 aromatic rings. The van der Waals surface area contributed by atoms with Crippen LogP contribution in [0.15, 0.2) is 0 Å². The molecular formula is C10H18N2O. The lowest BCUT2D eigenvalue weighted by Crippen LogP contribution is -2.44. The minimum absolute atomic E-state index is 0.247. The van der Waals surface area contributed by atoms with E-state index in [4.69, 9.17) is 0 Å². The van der Waals surface area contributed by atoms with Crippen LogP contribution in [0.3, 0.4) is 0 Å². The molecule has 0 aromatic heterocycles. The lowest BCUT2D eigenvalue weighted by atomic mass is 9.75. The Morgan fingerprint density at radius 2 is 2.46 bits per heavy atom. The Balaban J connectivity index is 2.02. The topological polar surface area (TPSA) is 41.1 Å². The fourth-order valence-electron chi connectivity index (χ4n) is 2.60. The van der Waals surface area contributed by atoms with E-state index < -0.39 is 0 Å². The summed E-state index contributed by atoms with van der Waals surface area (Å²) < 4.78 is 0. The van der Waals surface area contributed by atoms with E-state index in [1.165, 1.54) is 12.8 Å². The second kappa shape index (κ2) is 3.29. The van der Waals surface area contributed by atoms with Crippen molar-refractivity contribution in [3.8, 4) is 0 Å². The molecule has 1 spiro atoms. The Hall–Kier alpha value is -0.570. The van der Waals surface area contributed by atoms with Gasteiger partial charge in [-0.3, -0.25) is 4.79 Å². The summed E-state index contributed by atoms with van der Waals surface area (Å²) in [6, 6.07) is 0.626.